The van der Waals surface area contributed by atoms with Crippen molar-refractivity contribution in [1.82, 2.24) is 0 Å². The fourth-order valence-electron chi connectivity index (χ4n) is 3.71. The van der Waals surface area contributed by atoms with E-state index in [1.807, 2.05) is 24.3 Å². The molecule has 0 aliphatic heterocycles. The van der Waals surface area contributed by atoms with Crippen molar-refractivity contribution in [1.29, 1.82) is 0 Å². The van der Waals surface area contributed by atoms with Crippen molar-refractivity contribution in [3.63, 3.8) is 0 Å². The van der Waals surface area contributed by atoms with Crippen LogP contribution in [0.2, 0.25) is 0 Å². The number of hydrogen-bond acceptors (Lipinski definition) is 3. The first kappa shape index (κ1) is 20.9. The molecule has 0 saturated heterocycles. The number of carbonyl (C=O) groups excluding carboxylic acids is 1. The van der Waals surface area contributed by atoms with Gasteiger partial charge in [0, 0.05) is 12.3 Å². The van der Waals surface area contributed by atoms with Crippen LogP contribution in [0.15, 0.2) is 42.0 Å². The molecule has 1 N–H and O–H groups in total. The number of allylic oxidation sites excluding steroid dienone is 2. The Kier molecular flexibility index (Phi) is 7.00. The van der Waals surface area contributed by atoms with Crippen LogP contribution in [0.3, 0.4) is 0 Å². The summed E-state index contributed by atoms with van der Waals surface area (Å²) in [6.45, 7) is 7.96. The number of rotatable bonds is 8. The fourth-order valence-corrected chi connectivity index (χ4v) is 3.71. The first-order valence-corrected chi connectivity index (χ1v) is 9.73. The predicted molar refractivity (Wildman–Crippen MR) is 107 cm³/mol. The lowest BCUT2D eigenvalue weighted by Crippen LogP contribution is -2.23. The molecule has 4 heteroatoms. The molecule has 0 aromatic heterocycles. The monoisotopic (exact) mass is 370 g/mol. The molecule has 0 spiro atoms. The first-order valence-electron chi connectivity index (χ1n) is 9.73. The SMILES string of the molecule is CCC(CC)CCc1cc(OC(C)=O)ccc1[C@@]1(C)C=CC(C(=O)O)=CC1. The molecular formula is C23H30O4. The number of carbonyl (C=O) groups is 2. The van der Waals surface area contributed by atoms with Crippen LogP contribution in [-0.2, 0) is 21.4 Å². The van der Waals surface area contributed by atoms with Crippen molar-refractivity contribution in [3.05, 3.63) is 53.1 Å². The molecule has 1 aliphatic carbocycles. The Bertz CT molecular complexity index is 756. The third-order valence-corrected chi connectivity index (χ3v) is 5.55. The molecule has 27 heavy (non-hydrogen) atoms. The topological polar surface area (TPSA) is 63.6 Å². The van der Waals surface area contributed by atoms with Crippen molar-refractivity contribution < 1.29 is 19.4 Å². The van der Waals surface area contributed by atoms with Gasteiger partial charge in [-0.1, -0.05) is 57.9 Å². The minimum absolute atomic E-state index is 0.267. The first-order chi connectivity index (χ1) is 12.8. The highest BCUT2D eigenvalue weighted by atomic mass is 16.5. The van der Waals surface area contributed by atoms with Crippen LogP contribution < -0.4 is 4.74 Å². The molecular weight excluding hydrogens is 340 g/mol. The number of carboxylic acids is 1. The number of aryl methyl sites for hydroxylation is 1. The van der Waals surface area contributed by atoms with Crippen LogP contribution in [0.4, 0.5) is 0 Å². The van der Waals surface area contributed by atoms with Crippen LogP contribution >= 0.6 is 0 Å². The summed E-state index contributed by atoms with van der Waals surface area (Å²) in [4.78, 5) is 22.5. The zero-order valence-corrected chi connectivity index (χ0v) is 16.7. The van der Waals surface area contributed by atoms with Gasteiger partial charge in [0.1, 0.15) is 5.75 Å². The maximum atomic E-state index is 11.3. The maximum Gasteiger partial charge on any atom is 0.335 e. The average Bonchev–Trinajstić information content (AvgIpc) is 2.62. The number of carboxylic acid groups (broad SMARTS) is 1. The number of hydrogen-bond donors (Lipinski definition) is 1. The van der Waals surface area contributed by atoms with Crippen molar-refractivity contribution in [2.45, 2.75) is 65.2 Å². The van der Waals surface area contributed by atoms with Gasteiger partial charge in [0.05, 0.1) is 5.57 Å². The summed E-state index contributed by atoms with van der Waals surface area (Å²) in [5.41, 5.74) is 2.40. The lowest BCUT2D eigenvalue weighted by atomic mass is 9.73. The summed E-state index contributed by atoms with van der Waals surface area (Å²) >= 11 is 0. The highest BCUT2D eigenvalue weighted by Gasteiger charge is 2.29. The third kappa shape index (κ3) is 5.31. The second kappa shape index (κ2) is 9.03. The van der Waals surface area contributed by atoms with E-state index in [2.05, 4.69) is 20.8 Å². The van der Waals surface area contributed by atoms with Crippen molar-refractivity contribution in [2.75, 3.05) is 0 Å². The van der Waals surface area contributed by atoms with Crippen molar-refractivity contribution in [3.8, 4) is 5.75 Å². The van der Waals surface area contributed by atoms with Crippen molar-refractivity contribution in [2.24, 2.45) is 5.92 Å². The Morgan fingerprint density at radius 1 is 1.26 bits per heavy atom. The maximum absolute atomic E-state index is 11.3. The van der Waals surface area contributed by atoms with Gasteiger partial charge in [0.2, 0.25) is 0 Å². The molecule has 0 saturated carbocycles. The van der Waals surface area contributed by atoms with E-state index in [-0.39, 0.29) is 11.4 Å². The lowest BCUT2D eigenvalue weighted by Gasteiger charge is -2.31. The number of benzene rings is 1. The van der Waals surface area contributed by atoms with Gasteiger partial charge in [-0.3, -0.25) is 4.79 Å². The molecule has 0 unspecified atom stereocenters. The van der Waals surface area contributed by atoms with E-state index >= 15 is 0 Å². The van der Waals surface area contributed by atoms with Gasteiger partial charge in [-0.05, 0) is 48.4 Å². The van der Waals surface area contributed by atoms with Crippen LogP contribution in [-0.4, -0.2) is 17.0 Å². The van der Waals surface area contributed by atoms with Gasteiger partial charge in [-0.25, -0.2) is 4.79 Å². The van der Waals surface area contributed by atoms with Gasteiger partial charge in [0.25, 0.3) is 0 Å². The van der Waals surface area contributed by atoms with Crippen LogP contribution in [0, 0.1) is 5.92 Å². The number of esters is 1. The van der Waals surface area contributed by atoms with E-state index < -0.39 is 5.97 Å². The lowest BCUT2D eigenvalue weighted by molar-refractivity contribution is -0.133. The highest BCUT2D eigenvalue weighted by Crippen LogP contribution is 2.38. The zero-order valence-electron chi connectivity index (χ0n) is 16.7. The smallest absolute Gasteiger partial charge is 0.335 e. The second-order valence-electron chi connectivity index (χ2n) is 7.55. The summed E-state index contributed by atoms with van der Waals surface area (Å²) in [6.07, 6.45) is 10.4. The van der Waals surface area contributed by atoms with Gasteiger partial charge >= 0.3 is 11.9 Å². The summed E-state index contributed by atoms with van der Waals surface area (Å²) in [7, 11) is 0. The van der Waals surface area contributed by atoms with E-state index in [4.69, 9.17) is 4.74 Å². The van der Waals surface area contributed by atoms with Crippen LogP contribution in [0.5, 0.6) is 5.75 Å². The fraction of sp³-hybridized carbons (Fsp3) is 0.478. The van der Waals surface area contributed by atoms with E-state index in [1.54, 1.807) is 12.2 Å². The molecule has 1 atom stereocenters. The van der Waals surface area contributed by atoms with Gasteiger partial charge in [0.15, 0.2) is 0 Å². The van der Waals surface area contributed by atoms with Gasteiger partial charge < -0.3 is 9.84 Å². The molecule has 146 valence electrons. The molecule has 0 bridgehead atoms. The Morgan fingerprint density at radius 2 is 1.96 bits per heavy atom. The molecule has 2 rings (SSSR count). The minimum atomic E-state index is -0.896. The molecule has 1 aromatic rings. The Labute approximate surface area is 161 Å². The average molecular weight is 370 g/mol. The molecule has 4 nitrogen and oxygen atoms in total. The standard InChI is InChI=1S/C23H30O4/c1-5-17(6-2)7-8-19-15-20(27-16(3)24)9-10-21(19)23(4)13-11-18(12-14-23)22(25)26/h9-13,15,17H,5-8,14H2,1-4H3,(H,25,26)/t23-/m0/s1. The summed E-state index contributed by atoms with van der Waals surface area (Å²) in [5, 5.41) is 9.19. The Hall–Kier alpha value is -2.36. The largest absolute Gasteiger partial charge is 0.478 e. The molecule has 1 aliphatic rings. The third-order valence-electron chi connectivity index (χ3n) is 5.55. The minimum Gasteiger partial charge on any atom is -0.478 e. The van der Waals surface area contributed by atoms with Gasteiger partial charge in [-0.15, -0.1) is 0 Å². The second-order valence-corrected chi connectivity index (χ2v) is 7.55. The molecule has 0 amide bonds. The van der Waals surface area contributed by atoms with Gasteiger partial charge in [-0.2, -0.15) is 0 Å². The molecule has 0 heterocycles. The molecule has 0 fully saturated rings. The van der Waals surface area contributed by atoms with E-state index in [9.17, 15) is 14.7 Å². The normalized spacial score (nSPS) is 19.1. The highest BCUT2D eigenvalue weighted by molar-refractivity contribution is 5.90. The van der Waals surface area contributed by atoms with Crippen molar-refractivity contribution >= 4 is 11.9 Å². The Balaban J connectivity index is 2.35. The molecule has 0 radical (unpaired) electrons. The quantitative estimate of drug-likeness (QED) is 0.504. The predicted octanol–water partition coefficient (Wildman–Crippen LogP) is 5.21. The molecule has 1 aromatic carbocycles. The Morgan fingerprint density at radius 3 is 2.48 bits per heavy atom. The van der Waals surface area contributed by atoms with Crippen LogP contribution in [0.25, 0.3) is 0 Å². The number of aliphatic carboxylic acids is 1. The van der Waals surface area contributed by atoms with E-state index in [1.165, 1.54) is 18.1 Å². The summed E-state index contributed by atoms with van der Waals surface area (Å²) in [6, 6.07) is 5.81. The number of ether oxygens (including phenoxy) is 1. The zero-order chi connectivity index (χ0) is 20.0. The summed E-state index contributed by atoms with van der Waals surface area (Å²) in [5.74, 6) is 0.0124. The van der Waals surface area contributed by atoms with E-state index in [0.29, 0.717) is 23.7 Å². The van der Waals surface area contributed by atoms with Crippen LogP contribution in [0.1, 0.15) is 64.5 Å². The van der Waals surface area contributed by atoms with E-state index in [0.717, 1.165) is 25.7 Å². The summed E-state index contributed by atoms with van der Waals surface area (Å²) < 4.78 is 5.29.